The molecule has 0 fully saturated rings. The number of carbonyl (C=O) groups excluding carboxylic acids is 1. The molecule has 0 N–H and O–H groups in total. The Morgan fingerprint density at radius 3 is 2.61 bits per heavy atom. The SMILES string of the molecule is Cc1nn(-c2ccccc2)c(C)c1CC(=O)N(C)Cc1ccc2nonc2c1. The van der Waals surface area contributed by atoms with Crippen molar-refractivity contribution in [3.05, 3.63) is 71.0 Å². The van der Waals surface area contributed by atoms with Gasteiger partial charge < -0.3 is 4.90 Å². The van der Waals surface area contributed by atoms with E-state index in [9.17, 15) is 4.79 Å². The topological polar surface area (TPSA) is 77.0 Å². The normalized spacial score (nSPS) is 11.1. The molecular formula is C21H21N5O2. The summed E-state index contributed by atoms with van der Waals surface area (Å²) in [5, 5.41) is 12.3. The monoisotopic (exact) mass is 375 g/mol. The number of rotatable bonds is 5. The summed E-state index contributed by atoms with van der Waals surface area (Å²) in [5.41, 5.74) is 6.19. The van der Waals surface area contributed by atoms with Gasteiger partial charge >= 0.3 is 0 Å². The third kappa shape index (κ3) is 3.38. The number of amides is 1. The van der Waals surface area contributed by atoms with Gasteiger partial charge in [-0.15, -0.1) is 0 Å². The summed E-state index contributed by atoms with van der Waals surface area (Å²) in [4.78, 5) is 14.5. The van der Waals surface area contributed by atoms with Crippen molar-refractivity contribution < 1.29 is 9.42 Å². The number of benzene rings is 2. The minimum atomic E-state index is 0.0391. The zero-order valence-corrected chi connectivity index (χ0v) is 16.1. The first-order chi connectivity index (χ1) is 13.5. The summed E-state index contributed by atoms with van der Waals surface area (Å²) in [5.74, 6) is 0.0391. The van der Waals surface area contributed by atoms with Crippen molar-refractivity contribution in [2.45, 2.75) is 26.8 Å². The van der Waals surface area contributed by atoms with E-state index in [-0.39, 0.29) is 5.91 Å². The molecule has 4 rings (SSSR count). The highest BCUT2D eigenvalue weighted by Gasteiger charge is 2.18. The van der Waals surface area contributed by atoms with Gasteiger partial charge in [-0.2, -0.15) is 5.10 Å². The number of fused-ring (bicyclic) bond motifs is 1. The van der Waals surface area contributed by atoms with Crippen molar-refractivity contribution in [2.24, 2.45) is 0 Å². The third-order valence-corrected chi connectivity index (χ3v) is 4.93. The molecular weight excluding hydrogens is 354 g/mol. The Labute approximate surface area is 162 Å². The highest BCUT2D eigenvalue weighted by atomic mass is 16.6. The molecule has 28 heavy (non-hydrogen) atoms. The lowest BCUT2D eigenvalue weighted by Crippen LogP contribution is -2.28. The average Bonchev–Trinajstić information content (AvgIpc) is 3.27. The zero-order valence-electron chi connectivity index (χ0n) is 16.1. The molecule has 0 unspecified atom stereocenters. The van der Waals surface area contributed by atoms with E-state index < -0.39 is 0 Å². The fourth-order valence-corrected chi connectivity index (χ4v) is 3.33. The van der Waals surface area contributed by atoms with E-state index in [0.717, 1.165) is 28.2 Å². The van der Waals surface area contributed by atoms with Gasteiger partial charge in [-0.3, -0.25) is 4.79 Å². The number of nitrogens with zero attached hydrogens (tertiary/aromatic N) is 5. The smallest absolute Gasteiger partial charge is 0.227 e. The van der Waals surface area contributed by atoms with Crippen LogP contribution >= 0.6 is 0 Å². The third-order valence-electron chi connectivity index (χ3n) is 4.93. The Morgan fingerprint density at radius 2 is 1.82 bits per heavy atom. The standard InChI is InChI=1S/C21H21N5O2/c1-14-18(15(2)26(22-14)17-7-5-4-6-8-17)12-21(27)25(3)13-16-9-10-19-20(11-16)24-28-23-19/h4-11H,12-13H2,1-3H3. The van der Waals surface area contributed by atoms with Crippen LogP contribution in [0.15, 0.2) is 53.2 Å². The van der Waals surface area contributed by atoms with Gasteiger partial charge in [0.25, 0.3) is 0 Å². The number of carbonyl (C=O) groups is 1. The maximum absolute atomic E-state index is 12.8. The number of hydrogen-bond acceptors (Lipinski definition) is 5. The van der Waals surface area contributed by atoms with Crippen molar-refractivity contribution in [2.75, 3.05) is 7.05 Å². The van der Waals surface area contributed by atoms with Gasteiger partial charge in [-0.25, -0.2) is 9.31 Å². The van der Waals surface area contributed by atoms with Crippen LogP contribution in [-0.2, 0) is 17.8 Å². The summed E-state index contributed by atoms with van der Waals surface area (Å²) < 4.78 is 6.62. The second-order valence-electron chi connectivity index (χ2n) is 6.91. The molecule has 0 spiro atoms. The van der Waals surface area contributed by atoms with Crippen molar-refractivity contribution in [3.8, 4) is 5.69 Å². The quantitative estimate of drug-likeness (QED) is 0.535. The first-order valence-electron chi connectivity index (χ1n) is 9.08. The van der Waals surface area contributed by atoms with Crippen LogP contribution in [-0.4, -0.2) is 37.9 Å². The van der Waals surface area contributed by atoms with Crippen LogP contribution in [0.1, 0.15) is 22.5 Å². The molecule has 0 aliphatic carbocycles. The molecule has 0 aliphatic rings. The largest absolute Gasteiger partial charge is 0.341 e. The Bertz CT molecular complexity index is 1130. The van der Waals surface area contributed by atoms with Crippen molar-refractivity contribution in [3.63, 3.8) is 0 Å². The lowest BCUT2D eigenvalue weighted by molar-refractivity contribution is -0.129. The van der Waals surface area contributed by atoms with E-state index in [4.69, 9.17) is 4.63 Å². The van der Waals surface area contributed by atoms with E-state index in [0.29, 0.717) is 24.0 Å². The second kappa shape index (κ2) is 7.26. The zero-order chi connectivity index (χ0) is 19.7. The molecule has 7 heteroatoms. The van der Waals surface area contributed by atoms with Gasteiger partial charge in [-0.05, 0) is 54.0 Å². The summed E-state index contributed by atoms with van der Waals surface area (Å²) in [6.07, 6.45) is 0.314. The molecule has 2 aromatic carbocycles. The highest BCUT2D eigenvalue weighted by molar-refractivity contribution is 5.79. The Hall–Kier alpha value is -3.48. The molecule has 0 aliphatic heterocycles. The molecule has 2 aromatic heterocycles. The fraction of sp³-hybridized carbons (Fsp3) is 0.238. The summed E-state index contributed by atoms with van der Waals surface area (Å²) in [6.45, 7) is 4.44. The molecule has 0 atom stereocenters. The highest BCUT2D eigenvalue weighted by Crippen LogP contribution is 2.19. The molecule has 4 aromatic rings. The van der Waals surface area contributed by atoms with Crippen LogP contribution in [0.5, 0.6) is 0 Å². The maximum atomic E-state index is 12.8. The second-order valence-corrected chi connectivity index (χ2v) is 6.91. The van der Waals surface area contributed by atoms with Crippen LogP contribution in [0.2, 0.25) is 0 Å². The molecule has 0 saturated carbocycles. The maximum Gasteiger partial charge on any atom is 0.227 e. The molecule has 7 nitrogen and oxygen atoms in total. The fourth-order valence-electron chi connectivity index (χ4n) is 3.33. The Balaban J connectivity index is 1.50. The Kier molecular flexibility index (Phi) is 4.65. The first-order valence-corrected chi connectivity index (χ1v) is 9.08. The Morgan fingerprint density at radius 1 is 1.07 bits per heavy atom. The van der Waals surface area contributed by atoms with Gasteiger partial charge in [-0.1, -0.05) is 24.3 Å². The van der Waals surface area contributed by atoms with Crippen LogP contribution in [0.25, 0.3) is 16.7 Å². The lowest BCUT2D eigenvalue weighted by atomic mass is 10.1. The lowest BCUT2D eigenvalue weighted by Gasteiger charge is -2.17. The van der Waals surface area contributed by atoms with Crippen LogP contribution in [0, 0.1) is 13.8 Å². The van der Waals surface area contributed by atoms with Crippen LogP contribution in [0.3, 0.4) is 0 Å². The molecule has 0 bridgehead atoms. The predicted molar refractivity (Wildman–Crippen MR) is 105 cm³/mol. The van der Waals surface area contributed by atoms with Crippen molar-refractivity contribution in [1.82, 2.24) is 25.0 Å². The average molecular weight is 375 g/mol. The minimum absolute atomic E-state index is 0.0391. The number of para-hydroxylation sites is 1. The molecule has 0 radical (unpaired) electrons. The molecule has 142 valence electrons. The summed E-state index contributed by atoms with van der Waals surface area (Å²) in [6, 6.07) is 15.6. The van der Waals surface area contributed by atoms with Gasteiger partial charge in [0.1, 0.15) is 11.0 Å². The van der Waals surface area contributed by atoms with Gasteiger partial charge in [0.15, 0.2) is 0 Å². The number of aryl methyl sites for hydroxylation is 1. The number of likely N-dealkylation sites (N-methyl/N-ethyl adjacent to an activating group) is 1. The van der Waals surface area contributed by atoms with Gasteiger partial charge in [0, 0.05) is 24.8 Å². The summed E-state index contributed by atoms with van der Waals surface area (Å²) >= 11 is 0. The number of hydrogen-bond donors (Lipinski definition) is 0. The molecule has 1 amide bonds. The molecule has 2 heterocycles. The predicted octanol–water partition coefficient (Wildman–Crippen LogP) is 3.23. The van der Waals surface area contributed by atoms with Gasteiger partial charge in [0.2, 0.25) is 5.91 Å². The van der Waals surface area contributed by atoms with Crippen LogP contribution < -0.4 is 0 Å². The first kappa shape index (κ1) is 17.9. The van der Waals surface area contributed by atoms with Crippen molar-refractivity contribution >= 4 is 16.9 Å². The van der Waals surface area contributed by atoms with E-state index in [1.54, 1.807) is 11.9 Å². The van der Waals surface area contributed by atoms with Crippen LogP contribution in [0.4, 0.5) is 0 Å². The van der Waals surface area contributed by atoms with E-state index >= 15 is 0 Å². The summed E-state index contributed by atoms with van der Waals surface area (Å²) in [7, 11) is 1.81. The van der Waals surface area contributed by atoms with E-state index in [2.05, 4.69) is 15.4 Å². The minimum Gasteiger partial charge on any atom is -0.341 e. The van der Waals surface area contributed by atoms with Crippen molar-refractivity contribution in [1.29, 1.82) is 0 Å². The molecule has 0 saturated heterocycles. The number of aromatic nitrogens is 4. The van der Waals surface area contributed by atoms with E-state index in [1.165, 1.54) is 0 Å². The van der Waals surface area contributed by atoms with Gasteiger partial charge in [0.05, 0.1) is 17.8 Å². The van der Waals surface area contributed by atoms with E-state index in [1.807, 2.05) is 67.1 Å².